The first kappa shape index (κ1) is 22.7. The van der Waals surface area contributed by atoms with Crippen molar-refractivity contribution in [3.8, 4) is 0 Å². The zero-order valence-electron chi connectivity index (χ0n) is 16.3. The maximum atomic E-state index is 5.55. The van der Waals surface area contributed by atoms with Gasteiger partial charge in [-0.1, -0.05) is 11.6 Å². The smallest absolute Gasteiger partial charge is 0.191 e. The fraction of sp³-hybridized carbons (Fsp3) is 0.842. The Bertz CT molecular complexity index is 431. The van der Waals surface area contributed by atoms with E-state index in [-0.39, 0.29) is 29.5 Å². The molecule has 0 aromatic heterocycles. The molecule has 0 aromatic rings. The summed E-state index contributed by atoms with van der Waals surface area (Å²) in [5.74, 6) is 0.946. The van der Waals surface area contributed by atoms with Crippen LogP contribution in [0.2, 0.25) is 0 Å². The molecule has 1 fully saturated rings. The first-order valence-corrected chi connectivity index (χ1v) is 9.61. The highest BCUT2D eigenvalue weighted by atomic mass is 127. The van der Waals surface area contributed by atoms with E-state index in [2.05, 4.69) is 42.6 Å². The number of halogens is 1. The molecule has 2 N–H and O–H groups in total. The Labute approximate surface area is 171 Å². The maximum absolute atomic E-state index is 5.55. The van der Waals surface area contributed by atoms with Gasteiger partial charge in [-0.2, -0.15) is 0 Å². The van der Waals surface area contributed by atoms with E-state index >= 15 is 0 Å². The molecule has 6 heteroatoms. The van der Waals surface area contributed by atoms with Crippen LogP contribution in [0.25, 0.3) is 0 Å². The summed E-state index contributed by atoms with van der Waals surface area (Å²) in [5.41, 5.74) is 1.74. The molecule has 0 aromatic carbocycles. The Hall–Kier alpha value is -0.340. The molecule has 146 valence electrons. The van der Waals surface area contributed by atoms with E-state index in [1.165, 1.54) is 25.7 Å². The minimum atomic E-state index is 0. The quantitative estimate of drug-likeness (QED) is 0.263. The highest BCUT2D eigenvalue weighted by Gasteiger charge is 2.34. The minimum Gasteiger partial charge on any atom is -0.381 e. The molecule has 0 amide bonds. The van der Waals surface area contributed by atoms with Crippen LogP contribution < -0.4 is 10.6 Å². The van der Waals surface area contributed by atoms with Crippen molar-refractivity contribution >= 4 is 29.9 Å². The van der Waals surface area contributed by atoms with Crippen LogP contribution in [0.15, 0.2) is 16.6 Å². The van der Waals surface area contributed by atoms with Gasteiger partial charge in [0.25, 0.3) is 0 Å². The topological polar surface area (TPSA) is 48.9 Å². The molecule has 2 aliphatic rings. The number of ether oxygens (including phenoxy) is 1. The molecule has 5 nitrogen and oxygen atoms in total. The van der Waals surface area contributed by atoms with Crippen molar-refractivity contribution in [2.24, 2.45) is 4.99 Å². The average Bonchev–Trinajstić information content (AvgIpc) is 2.61. The number of guanidine groups is 1. The third-order valence-corrected chi connectivity index (χ3v) is 5.37. The molecule has 1 aliphatic heterocycles. The van der Waals surface area contributed by atoms with Crippen molar-refractivity contribution < 1.29 is 4.74 Å². The van der Waals surface area contributed by atoms with E-state index in [1.54, 1.807) is 5.57 Å². The average molecular weight is 464 g/mol. The molecule has 2 rings (SSSR count). The number of allylic oxidation sites excluding steroid dienone is 1. The number of likely N-dealkylation sites (N-methyl/N-ethyl adjacent to an activating group) is 1. The standard InChI is InChI=1S/C19H36N4O.HI/c1-4-20-18(21-13-10-17-8-6-5-7-9-17)22-16-19(23(2)3)11-14-24-15-12-19;/h8H,4-7,9-16H2,1-3H3,(H2,20,21,22);1H. The first-order chi connectivity index (χ1) is 11.7. The van der Waals surface area contributed by atoms with Crippen LogP contribution >= 0.6 is 24.0 Å². The third kappa shape index (κ3) is 7.43. The van der Waals surface area contributed by atoms with Crippen molar-refractivity contribution in [3.05, 3.63) is 11.6 Å². The van der Waals surface area contributed by atoms with Crippen molar-refractivity contribution in [1.82, 2.24) is 15.5 Å². The number of hydrogen-bond acceptors (Lipinski definition) is 3. The lowest BCUT2D eigenvalue weighted by Crippen LogP contribution is -2.51. The van der Waals surface area contributed by atoms with Gasteiger partial charge in [-0.25, -0.2) is 0 Å². The van der Waals surface area contributed by atoms with Crippen molar-refractivity contribution in [1.29, 1.82) is 0 Å². The highest BCUT2D eigenvalue weighted by Crippen LogP contribution is 2.26. The second kappa shape index (κ2) is 12.1. The van der Waals surface area contributed by atoms with Gasteiger partial charge in [0.1, 0.15) is 0 Å². The zero-order chi connectivity index (χ0) is 17.3. The molecular formula is C19H37IN4O. The van der Waals surface area contributed by atoms with Gasteiger partial charge in [0, 0.05) is 31.8 Å². The number of aliphatic imine (C=N–C) groups is 1. The molecule has 0 unspecified atom stereocenters. The SMILES string of the molecule is CCNC(=NCC1(N(C)C)CCOCC1)NCCC1=CCCCC1.I. The summed E-state index contributed by atoms with van der Waals surface area (Å²) in [6.45, 7) is 6.48. The van der Waals surface area contributed by atoms with Crippen molar-refractivity contribution in [2.75, 3.05) is 46.9 Å². The van der Waals surface area contributed by atoms with Gasteiger partial charge in [-0.3, -0.25) is 4.99 Å². The molecule has 0 saturated carbocycles. The van der Waals surface area contributed by atoms with E-state index < -0.39 is 0 Å². The normalized spacial score (nSPS) is 20.6. The molecule has 0 bridgehead atoms. The number of nitrogens with one attached hydrogen (secondary N) is 2. The van der Waals surface area contributed by atoms with Gasteiger partial charge in [0.2, 0.25) is 0 Å². The minimum absolute atomic E-state index is 0. The van der Waals surface area contributed by atoms with Crippen LogP contribution in [0, 0.1) is 0 Å². The first-order valence-electron chi connectivity index (χ1n) is 9.61. The monoisotopic (exact) mass is 464 g/mol. The Morgan fingerprint density at radius 2 is 2.00 bits per heavy atom. The predicted molar refractivity (Wildman–Crippen MR) is 117 cm³/mol. The van der Waals surface area contributed by atoms with Crippen LogP contribution in [0.1, 0.15) is 51.9 Å². The number of nitrogens with zero attached hydrogens (tertiary/aromatic N) is 2. The maximum Gasteiger partial charge on any atom is 0.191 e. The summed E-state index contributed by atoms with van der Waals surface area (Å²) in [4.78, 5) is 7.22. The molecule has 1 aliphatic carbocycles. The Kier molecular flexibility index (Phi) is 11.0. The van der Waals surface area contributed by atoms with Crippen LogP contribution in [0.5, 0.6) is 0 Å². The lowest BCUT2D eigenvalue weighted by atomic mass is 9.89. The van der Waals surface area contributed by atoms with Gasteiger partial charge in [-0.15, -0.1) is 24.0 Å². The highest BCUT2D eigenvalue weighted by molar-refractivity contribution is 14.0. The van der Waals surface area contributed by atoms with E-state index in [0.29, 0.717) is 0 Å². The molecular weight excluding hydrogens is 427 g/mol. The molecule has 0 spiro atoms. The molecule has 25 heavy (non-hydrogen) atoms. The third-order valence-electron chi connectivity index (χ3n) is 5.37. The number of rotatable bonds is 7. The second-order valence-corrected chi connectivity index (χ2v) is 7.21. The molecule has 1 saturated heterocycles. The van der Waals surface area contributed by atoms with Gasteiger partial charge in [0.15, 0.2) is 5.96 Å². The Balaban J connectivity index is 0.00000312. The van der Waals surface area contributed by atoms with E-state index in [1.807, 2.05) is 0 Å². The van der Waals surface area contributed by atoms with Gasteiger partial charge < -0.3 is 20.3 Å². The van der Waals surface area contributed by atoms with Gasteiger partial charge in [0.05, 0.1) is 6.54 Å². The van der Waals surface area contributed by atoms with Crippen molar-refractivity contribution in [3.63, 3.8) is 0 Å². The molecule has 0 radical (unpaired) electrons. The van der Waals surface area contributed by atoms with Crippen LogP contribution in [0.3, 0.4) is 0 Å². The van der Waals surface area contributed by atoms with E-state index in [9.17, 15) is 0 Å². The lowest BCUT2D eigenvalue weighted by molar-refractivity contribution is -0.00254. The summed E-state index contributed by atoms with van der Waals surface area (Å²) >= 11 is 0. The Morgan fingerprint density at radius 3 is 2.60 bits per heavy atom. The van der Waals surface area contributed by atoms with Crippen LogP contribution in [0.4, 0.5) is 0 Å². The van der Waals surface area contributed by atoms with Gasteiger partial charge >= 0.3 is 0 Å². The molecule has 1 heterocycles. The summed E-state index contributed by atoms with van der Waals surface area (Å²) in [7, 11) is 4.33. The van der Waals surface area contributed by atoms with Crippen LogP contribution in [-0.2, 0) is 4.74 Å². The fourth-order valence-corrected chi connectivity index (χ4v) is 3.54. The van der Waals surface area contributed by atoms with Crippen LogP contribution in [-0.4, -0.2) is 63.3 Å². The summed E-state index contributed by atoms with van der Waals surface area (Å²) < 4.78 is 5.55. The summed E-state index contributed by atoms with van der Waals surface area (Å²) in [6, 6.07) is 0. The van der Waals surface area contributed by atoms with Gasteiger partial charge in [-0.05, 0) is 66.0 Å². The summed E-state index contributed by atoms with van der Waals surface area (Å²) in [6.07, 6.45) is 10.9. The zero-order valence-corrected chi connectivity index (χ0v) is 18.6. The lowest BCUT2D eigenvalue weighted by Gasteiger charge is -2.41. The number of hydrogen-bond donors (Lipinski definition) is 2. The van der Waals surface area contributed by atoms with E-state index in [0.717, 1.165) is 58.1 Å². The second-order valence-electron chi connectivity index (χ2n) is 7.21. The fourth-order valence-electron chi connectivity index (χ4n) is 3.54. The van der Waals surface area contributed by atoms with E-state index in [4.69, 9.17) is 9.73 Å². The predicted octanol–water partition coefficient (Wildman–Crippen LogP) is 3.16. The van der Waals surface area contributed by atoms with Crippen molar-refractivity contribution in [2.45, 2.75) is 57.4 Å². The Morgan fingerprint density at radius 1 is 1.24 bits per heavy atom. The summed E-state index contributed by atoms with van der Waals surface area (Å²) in [5, 5.41) is 6.90. The largest absolute Gasteiger partial charge is 0.381 e. The molecule has 0 atom stereocenters.